The van der Waals surface area contributed by atoms with E-state index in [1.54, 1.807) is 24.7 Å². The Morgan fingerprint density at radius 2 is 1.78 bits per heavy atom. The van der Waals surface area contributed by atoms with Gasteiger partial charge in [-0.25, -0.2) is 9.78 Å². The monoisotopic (exact) mass is 634 g/mol. The summed E-state index contributed by atoms with van der Waals surface area (Å²) >= 11 is -2.20. The van der Waals surface area contributed by atoms with Gasteiger partial charge in [0.25, 0.3) is 17.0 Å². The van der Waals surface area contributed by atoms with Gasteiger partial charge < -0.3 is 18.2 Å². The van der Waals surface area contributed by atoms with Crippen molar-refractivity contribution in [3.05, 3.63) is 117 Å². The number of methoxy groups -OCH3 is 1. The van der Waals surface area contributed by atoms with Crippen LogP contribution in [0.5, 0.6) is 5.75 Å². The average Bonchev–Trinajstić information content (AvgIpc) is 3.54. The number of esters is 2. The second-order valence-corrected chi connectivity index (χ2v) is 11.4. The quantitative estimate of drug-likeness (QED) is 0.124. The van der Waals surface area contributed by atoms with E-state index in [9.17, 15) is 23.9 Å². The van der Waals surface area contributed by atoms with Gasteiger partial charge in [-0.1, -0.05) is 12.1 Å². The topological polar surface area (TPSA) is 152 Å². The van der Waals surface area contributed by atoms with Crippen LogP contribution < -0.4 is 8.91 Å². The zero-order valence-corrected chi connectivity index (χ0v) is 26.3. The van der Waals surface area contributed by atoms with Gasteiger partial charge in [0.2, 0.25) is 0 Å². The predicted octanol–water partition coefficient (Wildman–Crippen LogP) is 4.83. The number of benzene rings is 3. The van der Waals surface area contributed by atoms with Gasteiger partial charge in [-0.3, -0.25) is 14.9 Å². The number of carbonyl (C=O) groups excluding carboxylic acids is 2. The number of imidazole rings is 1. The number of hydrogen-bond acceptors (Lipinski definition) is 9. The first kappa shape index (κ1) is 33.0. The lowest BCUT2D eigenvalue weighted by atomic mass is 9.91. The van der Waals surface area contributed by atoms with Gasteiger partial charge in [0.15, 0.2) is 0 Å². The Balaban J connectivity index is 1.55. The van der Waals surface area contributed by atoms with E-state index in [0.717, 1.165) is 39.6 Å². The number of hydrogen-bond donors (Lipinski definition) is 1. The van der Waals surface area contributed by atoms with Gasteiger partial charge in [0.05, 0.1) is 30.0 Å². The molecule has 1 N–H and O–H groups in total. The first-order chi connectivity index (χ1) is 21.4. The van der Waals surface area contributed by atoms with E-state index < -0.39 is 40.3 Å². The van der Waals surface area contributed by atoms with Crippen molar-refractivity contribution in [3.8, 4) is 11.4 Å². The van der Waals surface area contributed by atoms with E-state index in [4.69, 9.17) is 13.7 Å². The molecule has 3 atom stereocenters. The molecule has 0 saturated heterocycles. The maximum atomic E-state index is 13.3. The molecule has 13 heteroatoms. The lowest BCUT2D eigenvalue weighted by Gasteiger charge is -2.24. The molecule has 0 spiro atoms. The highest BCUT2D eigenvalue weighted by atomic mass is 32.2. The summed E-state index contributed by atoms with van der Waals surface area (Å²) in [6.45, 7) is 7.24. The molecular weight excluding hydrogens is 600 g/mol. The number of nitrogens with zero attached hydrogens (tertiary/aromatic N) is 3. The van der Waals surface area contributed by atoms with Crippen LogP contribution in [0.2, 0.25) is 0 Å². The van der Waals surface area contributed by atoms with Crippen molar-refractivity contribution >= 4 is 28.9 Å². The molecule has 1 heterocycles. The van der Waals surface area contributed by atoms with Crippen molar-refractivity contribution in [2.75, 3.05) is 7.11 Å². The Kier molecular flexibility index (Phi) is 10.8. The first-order valence-electron chi connectivity index (χ1n) is 14.0. The van der Waals surface area contributed by atoms with Gasteiger partial charge in [-0.2, -0.15) is 8.93 Å². The molecule has 0 radical (unpaired) electrons. The minimum Gasteiger partial charge on any atom is -0.465 e. The van der Waals surface area contributed by atoms with E-state index in [0.29, 0.717) is 18.4 Å². The maximum absolute atomic E-state index is 13.3. The molecule has 0 aliphatic rings. The summed E-state index contributed by atoms with van der Waals surface area (Å²) in [5, 5.41) is 11.0. The van der Waals surface area contributed by atoms with Gasteiger partial charge in [-0.15, -0.1) is 0 Å². The van der Waals surface area contributed by atoms with E-state index in [1.807, 2.05) is 49.7 Å². The van der Waals surface area contributed by atoms with Crippen molar-refractivity contribution < 1.29 is 32.4 Å². The minimum atomic E-state index is -2.20. The number of ether oxygens (including phenoxy) is 2. The molecule has 0 aliphatic carbocycles. The normalized spacial score (nSPS) is 13.0. The number of rotatable bonds is 13. The molecule has 0 amide bonds. The van der Waals surface area contributed by atoms with E-state index in [1.165, 1.54) is 32.2 Å². The van der Waals surface area contributed by atoms with Crippen LogP contribution in [-0.4, -0.2) is 49.9 Å². The molecule has 3 aromatic carbocycles. The van der Waals surface area contributed by atoms with E-state index in [2.05, 4.69) is 9.71 Å². The molecule has 0 saturated carbocycles. The van der Waals surface area contributed by atoms with Crippen molar-refractivity contribution in [1.29, 1.82) is 0 Å². The van der Waals surface area contributed by atoms with Crippen LogP contribution in [0.4, 0.5) is 5.69 Å². The molecule has 0 fully saturated rings. The highest BCUT2D eigenvalue weighted by molar-refractivity contribution is 7.78. The van der Waals surface area contributed by atoms with Crippen molar-refractivity contribution in [1.82, 2.24) is 14.3 Å². The van der Waals surface area contributed by atoms with Gasteiger partial charge in [-0.05, 0) is 85.8 Å². The number of nitro groups is 1. The Morgan fingerprint density at radius 3 is 2.42 bits per heavy atom. The van der Waals surface area contributed by atoms with Crippen LogP contribution in [0.25, 0.3) is 5.69 Å². The number of non-ortho nitro benzene ring substituents is 1. The Morgan fingerprint density at radius 1 is 1.04 bits per heavy atom. The summed E-state index contributed by atoms with van der Waals surface area (Å²) < 4.78 is 33.2. The number of aryl methyl sites for hydroxylation is 3. The largest absolute Gasteiger partial charge is 0.465 e. The van der Waals surface area contributed by atoms with Crippen LogP contribution in [0.1, 0.15) is 45.1 Å². The van der Waals surface area contributed by atoms with Crippen LogP contribution >= 0.6 is 0 Å². The lowest BCUT2D eigenvalue weighted by Crippen LogP contribution is -2.40. The second-order valence-electron chi connectivity index (χ2n) is 10.5. The van der Waals surface area contributed by atoms with Gasteiger partial charge >= 0.3 is 11.9 Å². The van der Waals surface area contributed by atoms with Gasteiger partial charge in [0, 0.05) is 37.0 Å². The molecule has 0 aliphatic heterocycles. The van der Waals surface area contributed by atoms with Crippen LogP contribution in [-0.2, 0) is 38.4 Å². The molecule has 3 unspecified atom stereocenters. The Bertz CT molecular complexity index is 1700. The predicted molar refractivity (Wildman–Crippen MR) is 167 cm³/mol. The summed E-state index contributed by atoms with van der Waals surface area (Å²) in [6.07, 6.45) is 5.31. The molecule has 45 heavy (non-hydrogen) atoms. The third kappa shape index (κ3) is 8.61. The van der Waals surface area contributed by atoms with Crippen molar-refractivity contribution in [3.63, 3.8) is 0 Å². The SMILES string of the molecule is COC(=O)c1cc(C)c(CC(Cc2cc(-n3ccnc3)ccc2C)OC(=O)C(C)NS(=O)Oc2cccc([N+](=O)[O-])c2)c(C)c1. The van der Waals surface area contributed by atoms with Crippen molar-refractivity contribution in [2.24, 2.45) is 0 Å². The Labute approximate surface area is 263 Å². The number of nitrogens with one attached hydrogen (secondary N) is 1. The van der Waals surface area contributed by atoms with E-state index in [-0.39, 0.29) is 11.4 Å². The summed E-state index contributed by atoms with van der Waals surface area (Å²) in [5.41, 5.74) is 5.68. The molecule has 0 bridgehead atoms. The first-order valence-corrected chi connectivity index (χ1v) is 15.1. The fourth-order valence-corrected chi connectivity index (χ4v) is 5.56. The molecule has 236 valence electrons. The zero-order valence-electron chi connectivity index (χ0n) is 25.5. The fraction of sp³-hybridized carbons (Fsp3) is 0.281. The molecule has 4 rings (SSSR count). The lowest BCUT2D eigenvalue weighted by molar-refractivity contribution is -0.384. The highest BCUT2D eigenvalue weighted by Crippen LogP contribution is 2.24. The fourth-order valence-electron chi connectivity index (χ4n) is 4.85. The third-order valence-electron chi connectivity index (χ3n) is 7.24. The molecular formula is C32H34N4O8S. The average molecular weight is 635 g/mol. The second kappa shape index (κ2) is 14.7. The van der Waals surface area contributed by atoms with Crippen LogP contribution in [0.3, 0.4) is 0 Å². The van der Waals surface area contributed by atoms with Crippen molar-refractivity contribution in [2.45, 2.75) is 52.7 Å². The highest BCUT2D eigenvalue weighted by Gasteiger charge is 2.25. The molecule has 1 aromatic heterocycles. The zero-order chi connectivity index (χ0) is 32.7. The summed E-state index contributed by atoms with van der Waals surface area (Å²) in [5.74, 6) is -1.10. The smallest absolute Gasteiger partial charge is 0.337 e. The summed E-state index contributed by atoms with van der Waals surface area (Å²) in [7, 11) is 1.33. The summed E-state index contributed by atoms with van der Waals surface area (Å²) in [4.78, 5) is 40.1. The standard InChI is InChI=1S/C32H34N4O8S/c1-20-9-10-26(35-12-11-33-19-35)15-24(20)16-29(18-30-21(2)13-25(14-22(30)3)32(38)42-5)43-31(37)23(4)34-45(41)44-28-8-6-7-27(17-28)36(39)40/h6-15,17,19,23,29,34H,16,18H2,1-5H3. The number of carbonyl (C=O) groups is 2. The van der Waals surface area contributed by atoms with Crippen LogP contribution in [0.15, 0.2) is 73.3 Å². The van der Waals surface area contributed by atoms with E-state index >= 15 is 0 Å². The Hall–Kier alpha value is -4.88. The molecule has 12 nitrogen and oxygen atoms in total. The number of aromatic nitrogens is 2. The summed E-state index contributed by atoms with van der Waals surface area (Å²) in [6, 6.07) is 13.7. The third-order valence-corrected chi connectivity index (χ3v) is 8.13. The minimum absolute atomic E-state index is 0.00285. The van der Waals surface area contributed by atoms with Crippen LogP contribution in [0, 0.1) is 30.9 Å². The molecule has 4 aromatic rings. The maximum Gasteiger partial charge on any atom is 0.337 e. The number of nitro benzene ring substituents is 1. The van der Waals surface area contributed by atoms with Gasteiger partial charge in [0.1, 0.15) is 17.9 Å².